The number of aromatic nitrogens is 5. The van der Waals surface area contributed by atoms with Gasteiger partial charge >= 0.3 is 0 Å². The summed E-state index contributed by atoms with van der Waals surface area (Å²) in [6, 6.07) is 7.35. The van der Waals surface area contributed by atoms with Crippen LogP contribution in [-0.2, 0) is 19.9 Å². The van der Waals surface area contributed by atoms with Gasteiger partial charge in [0.15, 0.2) is 5.69 Å². The Morgan fingerprint density at radius 2 is 1.90 bits per heavy atom. The number of aryl methyl sites for hydroxylation is 2. The molecule has 0 aliphatic heterocycles. The number of carbonyl (C=O) groups excluding carboxylic acids is 2. The van der Waals surface area contributed by atoms with Crippen molar-refractivity contribution in [1.29, 1.82) is 0 Å². The van der Waals surface area contributed by atoms with Gasteiger partial charge in [0.2, 0.25) is 0 Å². The number of nitrogens with one attached hydrogen (secondary N) is 2. The molecule has 2 heterocycles. The monoisotopic (exact) mass is 407 g/mol. The van der Waals surface area contributed by atoms with E-state index in [0.29, 0.717) is 30.6 Å². The molecule has 1 aliphatic rings. The number of imidazole rings is 1. The van der Waals surface area contributed by atoms with E-state index in [0.717, 1.165) is 30.0 Å². The van der Waals surface area contributed by atoms with Gasteiger partial charge in [-0.25, -0.2) is 9.67 Å². The Balaban J connectivity index is 1.62. The van der Waals surface area contributed by atoms with E-state index in [1.165, 1.54) is 0 Å². The molecule has 1 aliphatic carbocycles. The molecule has 2 amide bonds. The smallest absolute Gasteiger partial charge is 0.273 e. The lowest BCUT2D eigenvalue weighted by atomic mass is 10.1. The molecule has 1 aromatic carbocycles. The van der Waals surface area contributed by atoms with Crippen molar-refractivity contribution in [1.82, 2.24) is 35.2 Å². The lowest BCUT2D eigenvalue weighted by Crippen LogP contribution is -2.27. The third-order valence-corrected chi connectivity index (χ3v) is 5.11. The number of nitrogens with zero attached hydrogens (tertiary/aromatic N) is 5. The molecule has 4 rings (SSSR count). The van der Waals surface area contributed by atoms with Crippen molar-refractivity contribution < 1.29 is 9.59 Å². The van der Waals surface area contributed by atoms with E-state index in [2.05, 4.69) is 25.9 Å². The zero-order valence-corrected chi connectivity index (χ0v) is 17.1. The lowest BCUT2D eigenvalue weighted by Gasteiger charge is -2.10. The summed E-state index contributed by atoms with van der Waals surface area (Å²) in [7, 11) is 1.94. The van der Waals surface area contributed by atoms with Crippen molar-refractivity contribution in [3.8, 4) is 5.69 Å². The molecule has 0 spiro atoms. The first kappa shape index (κ1) is 19.8. The summed E-state index contributed by atoms with van der Waals surface area (Å²) < 4.78 is 3.63. The molecule has 30 heavy (non-hydrogen) atoms. The van der Waals surface area contributed by atoms with E-state index in [9.17, 15) is 9.59 Å². The quantitative estimate of drug-likeness (QED) is 0.587. The van der Waals surface area contributed by atoms with Crippen LogP contribution in [0.3, 0.4) is 0 Å². The second-order valence-corrected chi connectivity index (χ2v) is 7.40. The Morgan fingerprint density at radius 1 is 1.13 bits per heavy atom. The van der Waals surface area contributed by atoms with Gasteiger partial charge in [-0.3, -0.25) is 9.59 Å². The van der Waals surface area contributed by atoms with Gasteiger partial charge in [0.05, 0.1) is 11.4 Å². The van der Waals surface area contributed by atoms with Crippen molar-refractivity contribution in [3.63, 3.8) is 0 Å². The van der Waals surface area contributed by atoms with E-state index in [4.69, 9.17) is 0 Å². The molecular formula is C21H25N7O2. The summed E-state index contributed by atoms with van der Waals surface area (Å²) in [6.45, 7) is 2.45. The van der Waals surface area contributed by atoms with E-state index < -0.39 is 0 Å². The highest BCUT2D eigenvalue weighted by atomic mass is 16.2. The number of hydrogen-bond acceptors (Lipinski definition) is 5. The van der Waals surface area contributed by atoms with E-state index in [-0.39, 0.29) is 17.9 Å². The van der Waals surface area contributed by atoms with Crippen LogP contribution in [0, 0.1) is 0 Å². The maximum atomic E-state index is 12.7. The number of benzene rings is 1. The molecule has 2 N–H and O–H groups in total. The van der Waals surface area contributed by atoms with Crippen molar-refractivity contribution in [2.24, 2.45) is 7.05 Å². The predicted octanol–water partition coefficient (Wildman–Crippen LogP) is 1.43. The maximum absolute atomic E-state index is 12.7. The number of amides is 2. The summed E-state index contributed by atoms with van der Waals surface area (Å²) in [6.07, 6.45) is 6.87. The SMILES string of the molecule is CCNC(=O)c1ccc(-n2nnc(C(=O)NC3CC3)c2CCc2nccn2C)cc1. The summed E-state index contributed by atoms with van der Waals surface area (Å²) in [5.74, 6) is 0.600. The summed E-state index contributed by atoms with van der Waals surface area (Å²) in [4.78, 5) is 29.1. The standard InChI is InChI=1S/C21H25N7O2/c1-3-22-20(29)14-4-8-16(9-5-14)28-17(10-11-18-23-12-13-27(18)2)19(25-26-28)21(30)24-15-6-7-15/h4-5,8-9,12-13,15H,3,6-7,10-11H2,1-2H3,(H,22,29)(H,24,30). The Morgan fingerprint density at radius 3 is 2.53 bits per heavy atom. The van der Waals surface area contributed by atoms with Gasteiger partial charge < -0.3 is 15.2 Å². The molecule has 3 aromatic rings. The Labute approximate surface area is 174 Å². The molecule has 0 bridgehead atoms. The van der Waals surface area contributed by atoms with Crippen molar-refractivity contribution in [2.75, 3.05) is 6.54 Å². The fraction of sp³-hybridized carbons (Fsp3) is 0.381. The first-order chi connectivity index (χ1) is 14.6. The van der Waals surface area contributed by atoms with Crippen LogP contribution in [0.15, 0.2) is 36.7 Å². The van der Waals surface area contributed by atoms with Crippen LogP contribution in [0.1, 0.15) is 52.1 Å². The van der Waals surface area contributed by atoms with Crippen molar-refractivity contribution >= 4 is 11.8 Å². The number of rotatable bonds is 8. The lowest BCUT2D eigenvalue weighted by molar-refractivity contribution is 0.0940. The fourth-order valence-corrected chi connectivity index (χ4v) is 3.28. The molecule has 1 saturated carbocycles. The van der Waals surface area contributed by atoms with Gasteiger partial charge in [-0.05, 0) is 50.5 Å². The first-order valence-corrected chi connectivity index (χ1v) is 10.2. The van der Waals surface area contributed by atoms with Gasteiger partial charge in [-0.15, -0.1) is 5.10 Å². The summed E-state index contributed by atoms with van der Waals surface area (Å²) in [5.41, 5.74) is 2.38. The topological polar surface area (TPSA) is 107 Å². The number of hydrogen-bond donors (Lipinski definition) is 2. The van der Waals surface area contributed by atoms with Gasteiger partial charge in [0.1, 0.15) is 5.82 Å². The van der Waals surface area contributed by atoms with Crippen LogP contribution >= 0.6 is 0 Å². The van der Waals surface area contributed by atoms with Crippen molar-refractivity contribution in [3.05, 3.63) is 59.4 Å². The normalized spacial score (nSPS) is 13.3. The molecule has 9 nitrogen and oxygen atoms in total. The minimum atomic E-state index is -0.197. The summed E-state index contributed by atoms with van der Waals surface area (Å²) >= 11 is 0. The van der Waals surface area contributed by atoms with Crippen LogP contribution in [-0.4, -0.2) is 48.9 Å². The molecule has 9 heteroatoms. The molecule has 0 radical (unpaired) electrons. The zero-order valence-electron chi connectivity index (χ0n) is 17.1. The van der Waals surface area contributed by atoms with Gasteiger partial charge in [0, 0.05) is 44.0 Å². The molecule has 0 atom stereocenters. The Hall–Kier alpha value is -3.49. The van der Waals surface area contributed by atoms with Crippen LogP contribution in [0.4, 0.5) is 0 Å². The highest BCUT2D eigenvalue weighted by Gasteiger charge is 2.28. The highest BCUT2D eigenvalue weighted by Crippen LogP contribution is 2.21. The average molecular weight is 407 g/mol. The molecule has 156 valence electrons. The van der Waals surface area contributed by atoms with Gasteiger partial charge in [0.25, 0.3) is 11.8 Å². The molecule has 1 fully saturated rings. The number of carbonyl (C=O) groups is 2. The van der Waals surface area contributed by atoms with Crippen LogP contribution in [0.25, 0.3) is 5.69 Å². The average Bonchev–Trinajstić information content (AvgIpc) is 3.30. The van der Waals surface area contributed by atoms with Crippen LogP contribution in [0.2, 0.25) is 0 Å². The molecule has 2 aromatic heterocycles. The van der Waals surface area contributed by atoms with Crippen molar-refractivity contribution in [2.45, 2.75) is 38.6 Å². The second kappa shape index (κ2) is 8.48. The Bertz CT molecular complexity index is 1050. The van der Waals surface area contributed by atoms with E-state index in [1.807, 2.05) is 36.9 Å². The second-order valence-electron chi connectivity index (χ2n) is 7.40. The van der Waals surface area contributed by atoms with E-state index >= 15 is 0 Å². The predicted molar refractivity (Wildman–Crippen MR) is 110 cm³/mol. The van der Waals surface area contributed by atoms with Crippen LogP contribution < -0.4 is 10.6 Å². The third-order valence-electron chi connectivity index (χ3n) is 5.11. The Kier molecular flexibility index (Phi) is 5.60. The summed E-state index contributed by atoms with van der Waals surface area (Å²) in [5, 5.41) is 14.2. The zero-order chi connectivity index (χ0) is 21.1. The maximum Gasteiger partial charge on any atom is 0.273 e. The fourth-order valence-electron chi connectivity index (χ4n) is 3.28. The van der Waals surface area contributed by atoms with Gasteiger partial charge in [-0.1, -0.05) is 5.21 Å². The molecular weight excluding hydrogens is 382 g/mol. The highest BCUT2D eigenvalue weighted by molar-refractivity contribution is 5.94. The van der Waals surface area contributed by atoms with Gasteiger partial charge in [-0.2, -0.15) is 0 Å². The first-order valence-electron chi connectivity index (χ1n) is 10.2. The largest absolute Gasteiger partial charge is 0.352 e. The van der Waals surface area contributed by atoms with E-state index in [1.54, 1.807) is 23.0 Å². The minimum absolute atomic E-state index is 0.123. The third kappa shape index (κ3) is 4.24. The minimum Gasteiger partial charge on any atom is -0.352 e. The molecule has 0 saturated heterocycles. The van der Waals surface area contributed by atoms with Crippen LogP contribution in [0.5, 0.6) is 0 Å². The molecule has 0 unspecified atom stereocenters.